The molecule has 0 aliphatic heterocycles. The van der Waals surface area contributed by atoms with E-state index in [1.807, 2.05) is 44.3 Å². The number of nitrogens with zero attached hydrogens (tertiary/aromatic N) is 1. The maximum atomic E-state index is 12.7. The van der Waals surface area contributed by atoms with Gasteiger partial charge in [-0.1, -0.05) is 30.3 Å². The molecular weight excluding hydrogens is 355 g/mol. The minimum Gasteiger partial charge on any atom is -0.486 e. The van der Waals surface area contributed by atoms with E-state index < -0.39 is 11.7 Å². The summed E-state index contributed by atoms with van der Waals surface area (Å²) in [4.78, 5) is 2.15. The molecule has 2 aromatic carbocycles. The van der Waals surface area contributed by atoms with E-state index in [1.54, 1.807) is 0 Å². The Labute approximate surface area is 158 Å². The van der Waals surface area contributed by atoms with Gasteiger partial charge in [0.2, 0.25) is 0 Å². The van der Waals surface area contributed by atoms with Gasteiger partial charge in [0, 0.05) is 26.1 Å². The molecule has 27 heavy (non-hydrogen) atoms. The minimum atomic E-state index is -4.35. The molecule has 3 nitrogen and oxygen atoms in total. The van der Waals surface area contributed by atoms with Crippen molar-refractivity contribution >= 4 is 0 Å². The molecule has 2 rings (SSSR count). The molecule has 0 radical (unpaired) electrons. The van der Waals surface area contributed by atoms with Crippen molar-refractivity contribution in [2.45, 2.75) is 25.6 Å². The molecule has 0 saturated heterocycles. The molecule has 0 aliphatic rings. The fourth-order valence-electron chi connectivity index (χ4n) is 2.66. The molecule has 0 heterocycles. The first-order valence-electron chi connectivity index (χ1n) is 9.05. The van der Waals surface area contributed by atoms with Crippen molar-refractivity contribution in [1.82, 2.24) is 4.90 Å². The Morgan fingerprint density at radius 1 is 0.963 bits per heavy atom. The SMILES string of the molecule is CCOCCN(C)CCC(Oc1ccc(C(F)(F)F)cc1)c1ccccc1. The van der Waals surface area contributed by atoms with E-state index in [4.69, 9.17) is 9.47 Å². The second-order valence-corrected chi connectivity index (χ2v) is 6.33. The summed E-state index contributed by atoms with van der Waals surface area (Å²) < 4.78 is 49.6. The zero-order valence-corrected chi connectivity index (χ0v) is 15.7. The van der Waals surface area contributed by atoms with Crippen molar-refractivity contribution in [3.63, 3.8) is 0 Å². The summed E-state index contributed by atoms with van der Waals surface area (Å²) in [5, 5.41) is 0. The Kier molecular flexibility index (Phi) is 8.13. The van der Waals surface area contributed by atoms with Crippen LogP contribution in [-0.2, 0) is 10.9 Å². The molecule has 0 aliphatic carbocycles. The number of halogens is 3. The van der Waals surface area contributed by atoms with E-state index in [-0.39, 0.29) is 6.10 Å². The summed E-state index contributed by atoms with van der Waals surface area (Å²) in [6.07, 6.45) is -3.87. The molecule has 0 saturated carbocycles. The molecule has 0 spiro atoms. The molecule has 6 heteroatoms. The van der Waals surface area contributed by atoms with Gasteiger partial charge in [-0.25, -0.2) is 0 Å². The quantitative estimate of drug-likeness (QED) is 0.529. The van der Waals surface area contributed by atoms with Crippen LogP contribution in [-0.4, -0.2) is 38.3 Å². The summed E-state index contributed by atoms with van der Waals surface area (Å²) >= 11 is 0. The van der Waals surface area contributed by atoms with Gasteiger partial charge in [0.25, 0.3) is 0 Å². The highest BCUT2D eigenvalue weighted by Gasteiger charge is 2.30. The van der Waals surface area contributed by atoms with Gasteiger partial charge in [-0.2, -0.15) is 13.2 Å². The Morgan fingerprint density at radius 3 is 2.22 bits per heavy atom. The molecule has 2 aromatic rings. The van der Waals surface area contributed by atoms with Gasteiger partial charge >= 0.3 is 6.18 Å². The number of alkyl halides is 3. The van der Waals surface area contributed by atoms with Crippen molar-refractivity contribution < 1.29 is 22.6 Å². The molecule has 1 unspecified atom stereocenters. The molecule has 0 bridgehead atoms. The van der Waals surface area contributed by atoms with Crippen LogP contribution in [0.2, 0.25) is 0 Å². The van der Waals surface area contributed by atoms with Crippen molar-refractivity contribution in [1.29, 1.82) is 0 Å². The molecule has 0 N–H and O–H groups in total. The van der Waals surface area contributed by atoms with Crippen LogP contribution in [0, 0.1) is 0 Å². The van der Waals surface area contributed by atoms with Crippen LogP contribution in [0.5, 0.6) is 5.75 Å². The Balaban J connectivity index is 2.03. The first kappa shape index (κ1) is 21.3. The van der Waals surface area contributed by atoms with Gasteiger partial charge in [-0.05, 0) is 43.8 Å². The lowest BCUT2D eigenvalue weighted by Gasteiger charge is -2.23. The first-order valence-corrected chi connectivity index (χ1v) is 9.05. The average Bonchev–Trinajstić information content (AvgIpc) is 2.65. The van der Waals surface area contributed by atoms with Crippen LogP contribution in [0.3, 0.4) is 0 Å². The third-order valence-corrected chi connectivity index (χ3v) is 4.23. The third-order valence-electron chi connectivity index (χ3n) is 4.23. The fourth-order valence-corrected chi connectivity index (χ4v) is 2.66. The summed E-state index contributed by atoms with van der Waals surface area (Å²) in [7, 11) is 2.01. The third kappa shape index (κ3) is 7.23. The smallest absolute Gasteiger partial charge is 0.416 e. The van der Waals surface area contributed by atoms with Crippen molar-refractivity contribution in [3.8, 4) is 5.75 Å². The average molecular weight is 381 g/mol. The van der Waals surface area contributed by atoms with Crippen LogP contribution in [0.15, 0.2) is 54.6 Å². The number of benzene rings is 2. The zero-order chi connectivity index (χ0) is 19.7. The zero-order valence-electron chi connectivity index (χ0n) is 15.7. The number of rotatable bonds is 10. The van der Waals surface area contributed by atoms with E-state index in [2.05, 4.69) is 4.90 Å². The highest BCUT2D eigenvalue weighted by atomic mass is 19.4. The highest BCUT2D eigenvalue weighted by Crippen LogP contribution is 2.32. The number of ether oxygens (including phenoxy) is 2. The lowest BCUT2D eigenvalue weighted by Crippen LogP contribution is -2.26. The summed E-state index contributed by atoms with van der Waals surface area (Å²) in [5.41, 5.74) is 0.317. The number of hydrogen-bond donors (Lipinski definition) is 0. The molecule has 0 fully saturated rings. The molecule has 0 amide bonds. The van der Waals surface area contributed by atoms with Gasteiger partial charge in [0.15, 0.2) is 0 Å². The van der Waals surface area contributed by atoms with Crippen molar-refractivity contribution in [3.05, 3.63) is 65.7 Å². The second-order valence-electron chi connectivity index (χ2n) is 6.33. The lowest BCUT2D eigenvalue weighted by molar-refractivity contribution is -0.137. The predicted octanol–water partition coefficient (Wildman–Crippen LogP) is 5.18. The fraction of sp³-hybridized carbons (Fsp3) is 0.429. The monoisotopic (exact) mass is 381 g/mol. The maximum absolute atomic E-state index is 12.7. The van der Waals surface area contributed by atoms with Crippen LogP contribution < -0.4 is 4.74 Å². The lowest BCUT2D eigenvalue weighted by atomic mass is 10.1. The van der Waals surface area contributed by atoms with E-state index in [0.717, 1.165) is 30.8 Å². The van der Waals surface area contributed by atoms with E-state index in [1.165, 1.54) is 12.1 Å². The largest absolute Gasteiger partial charge is 0.486 e. The number of likely N-dealkylation sites (N-methyl/N-ethyl adjacent to an activating group) is 1. The topological polar surface area (TPSA) is 21.7 Å². The van der Waals surface area contributed by atoms with Crippen molar-refractivity contribution in [2.24, 2.45) is 0 Å². The molecule has 148 valence electrons. The Morgan fingerprint density at radius 2 is 1.63 bits per heavy atom. The molecule has 1 atom stereocenters. The maximum Gasteiger partial charge on any atom is 0.416 e. The van der Waals surface area contributed by atoms with E-state index in [9.17, 15) is 13.2 Å². The normalized spacial score (nSPS) is 13.0. The van der Waals surface area contributed by atoms with Gasteiger partial charge in [-0.3, -0.25) is 0 Å². The summed E-state index contributed by atoms with van der Waals surface area (Å²) in [6, 6.07) is 14.6. The summed E-state index contributed by atoms with van der Waals surface area (Å²) in [6.45, 7) is 4.92. The Bertz CT molecular complexity index is 659. The van der Waals surface area contributed by atoms with Crippen LogP contribution in [0.25, 0.3) is 0 Å². The highest BCUT2D eigenvalue weighted by molar-refractivity contribution is 5.30. The van der Waals surface area contributed by atoms with Gasteiger partial charge in [-0.15, -0.1) is 0 Å². The van der Waals surface area contributed by atoms with Crippen LogP contribution in [0.1, 0.15) is 30.6 Å². The van der Waals surface area contributed by atoms with E-state index >= 15 is 0 Å². The van der Waals surface area contributed by atoms with Crippen LogP contribution in [0.4, 0.5) is 13.2 Å². The minimum absolute atomic E-state index is 0.238. The summed E-state index contributed by atoms with van der Waals surface area (Å²) in [5.74, 6) is 0.425. The van der Waals surface area contributed by atoms with Crippen molar-refractivity contribution in [2.75, 3.05) is 33.4 Å². The number of hydrogen-bond acceptors (Lipinski definition) is 3. The predicted molar refractivity (Wildman–Crippen MR) is 99.9 cm³/mol. The van der Waals surface area contributed by atoms with Gasteiger partial charge in [0.05, 0.1) is 12.2 Å². The Hall–Kier alpha value is -2.05. The van der Waals surface area contributed by atoms with E-state index in [0.29, 0.717) is 25.4 Å². The van der Waals surface area contributed by atoms with Gasteiger partial charge in [0.1, 0.15) is 11.9 Å². The molecular formula is C21H26F3NO2. The second kappa shape index (κ2) is 10.3. The first-order chi connectivity index (χ1) is 12.9. The molecule has 0 aromatic heterocycles. The standard InChI is InChI=1S/C21H26F3NO2/c1-3-26-16-15-25(2)14-13-20(17-7-5-4-6-8-17)27-19-11-9-18(10-12-19)21(22,23)24/h4-12,20H,3,13-16H2,1-2H3. The van der Waals surface area contributed by atoms with Gasteiger partial charge < -0.3 is 14.4 Å². The van der Waals surface area contributed by atoms with Crippen LogP contribution >= 0.6 is 0 Å².